The molecule has 4 amide bonds. The maximum absolute atomic E-state index is 14.1. The van der Waals surface area contributed by atoms with Crippen molar-refractivity contribution in [3.63, 3.8) is 0 Å². The number of hydrogen-bond acceptors (Lipinski definition) is 10. The first kappa shape index (κ1) is 42.9. The molecule has 5 aromatic rings. The van der Waals surface area contributed by atoms with E-state index in [9.17, 15) is 19.2 Å². The van der Waals surface area contributed by atoms with Crippen LogP contribution in [0.3, 0.4) is 0 Å². The number of aliphatic imine (C=N–C) groups is 1. The Hall–Kier alpha value is -7.00. The van der Waals surface area contributed by atoms with E-state index < -0.39 is 24.3 Å². The number of nitrogens with zero attached hydrogens (tertiary/aromatic N) is 4. The van der Waals surface area contributed by atoms with Gasteiger partial charge >= 0.3 is 12.2 Å². The molecule has 4 atom stereocenters. The number of H-pyrrole nitrogens is 1. The monoisotopic (exact) mass is 891 g/mol. The topological polar surface area (TPSA) is 177 Å². The van der Waals surface area contributed by atoms with Crippen LogP contribution >= 0.6 is 0 Å². The summed E-state index contributed by atoms with van der Waals surface area (Å²) in [5.41, 5.74) is 8.85. The zero-order chi connectivity index (χ0) is 45.3. The van der Waals surface area contributed by atoms with E-state index in [2.05, 4.69) is 64.1 Å². The van der Waals surface area contributed by atoms with Gasteiger partial charge in [-0.1, -0.05) is 60.7 Å². The van der Waals surface area contributed by atoms with Crippen molar-refractivity contribution in [1.82, 2.24) is 30.4 Å². The zero-order valence-corrected chi connectivity index (χ0v) is 37.1. The van der Waals surface area contributed by atoms with Crippen LogP contribution in [0.2, 0.25) is 0 Å². The number of carbonyl (C=O) groups excluding carboxylic acids is 4. The van der Waals surface area contributed by atoms with Gasteiger partial charge in [0.2, 0.25) is 11.8 Å². The molecule has 15 heteroatoms. The van der Waals surface area contributed by atoms with Crippen molar-refractivity contribution in [2.24, 2.45) is 10.9 Å². The molecule has 0 saturated carbocycles. The van der Waals surface area contributed by atoms with Crippen LogP contribution < -0.4 is 15.4 Å². The van der Waals surface area contributed by atoms with Crippen LogP contribution in [0.15, 0.2) is 96.3 Å². The molecule has 0 bridgehead atoms. The molecule has 0 unspecified atom stereocenters. The summed E-state index contributed by atoms with van der Waals surface area (Å²) in [4.78, 5) is 69.6. The third-order valence-corrected chi connectivity index (χ3v) is 13.8. The summed E-state index contributed by atoms with van der Waals surface area (Å²) in [6, 6.07) is 24.3. The zero-order valence-electron chi connectivity index (χ0n) is 37.1. The van der Waals surface area contributed by atoms with Crippen molar-refractivity contribution in [1.29, 1.82) is 0 Å². The first-order valence-corrected chi connectivity index (χ1v) is 22.8. The van der Waals surface area contributed by atoms with Gasteiger partial charge in [0.05, 0.1) is 38.2 Å². The van der Waals surface area contributed by atoms with Crippen LogP contribution in [0.1, 0.15) is 79.5 Å². The lowest BCUT2D eigenvalue weighted by molar-refractivity contribution is -0.137. The predicted molar refractivity (Wildman–Crippen MR) is 247 cm³/mol. The molecular formula is C51H53N7O8. The smallest absolute Gasteiger partial charge is 0.407 e. The van der Waals surface area contributed by atoms with Gasteiger partial charge in [-0.2, -0.15) is 0 Å². The van der Waals surface area contributed by atoms with Gasteiger partial charge in [0.25, 0.3) is 0 Å². The molecule has 3 saturated heterocycles. The minimum absolute atomic E-state index is 0.0365. The Morgan fingerprint density at radius 2 is 1.52 bits per heavy atom. The number of benzene rings is 4. The second-order valence-electron chi connectivity index (χ2n) is 17.6. The van der Waals surface area contributed by atoms with Gasteiger partial charge in [0.15, 0.2) is 0 Å². The van der Waals surface area contributed by atoms with Gasteiger partial charge in [-0.05, 0) is 95.9 Å². The van der Waals surface area contributed by atoms with Crippen LogP contribution in [-0.4, -0.2) is 102 Å². The van der Waals surface area contributed by atoms with Crippen molar-refractivity contribution >= 4 is 46.1 Å². The maximum atomic E-state index is 14.1. The molecule has 340 valence electrons. The second-order valence-corrected chi connectivity index (χ2v) is 17.6. The number of hydrogen-bond donors (Lipinski definition) is 3. The number of likely N-dealkylation sites (tertiary alicyclic amines) is 2. The number of amides is 4. The summed E-state index contributed by atoms with van der Waals surface area (Å²) in [6.07, 6.45) is 7.72. The Bertz CT molecular complexity index is 2740. The molecule has 0 aliphatic carbocycles. The van der Waals surface area contributed by atoms with Crippen molar-refractivity contribution in [3.05, 3.63) is 114 Å². The largest absolute Gasteiger partial charge is 0.488 e. The number of allylic oxidation sites excluding steroid dienone is 1. The average Bonchev–Trinajstić information content (AvgIpc) is 4.22. The minimum Gasteiger partial charge on any atom is -0.488 e. The number of ether oxygens (including phenoxy) is 4. The molecule has 4 aromatic carbocycles. The lowest BCUT2D eigenvalue weighted by Gasteiger charge is -2.34. The van der Waals surface area contributed by atoms with Crippen LogP contribution in [-0.2, 0) is 30.4 Å². The predicted octanol–water partition coefficient (Wildman–Crippen LogP) is 7.88. The summed E-state index contributed by atoms with van der Waals surface area (Å²) in [5, 5.41) is 7.61. The summed E-state index contributed by atoms with van der Waals surface area (Å²) < 4.78 is 21.8. The third kappa shape index (κ3) is 8.27. The number of rotatable bonds is 10. The molecule has 3 N–H and O–H groups in total. The highest BCUT2D eigenvalue weighted by Gasteiger charge is 2.41. The lowest BCUT2D eigenvalue weighted by atomic mass is 9.90. The molecule has 5 aliphatic rings. The summed E-state index contributed by atoms with van der Waals surface area (Å²) in [7, 11) is 2.60. The minimum atomic E-state index is -0.865. The number of imidazole rings is 1. The molecule has 5 aliphatic heterocycles. The highest BCUT2D eigenvalue weighted by Crippen LogP contribution is 2.44. The van der Waals surface area contributed by atoms with Crippen LogP contribution in [0, 0.1) is 5.92 Å². The van der Waals surface area contributed by atoms with Crippen molar-refractivity contribution in [3.8, 4) is 28.1 Å². The average molecular weight is 892 g/mol. The first-order valence-electron chi connectivity index (χ1n) is 22.8. The molecule has 15 nitrogen and oxygen atoms in total. The molecule has 66 heavy (non-hydrogen) atoms. The molecule has 0 spiro atoms. The Kier molecular flexibility index (Phi) is 12.0. The molecule has 3 fully saturated rings. The van der Waals surface area contributed by atoms with E-state index in [1.807, 2.05) is 52.5 Å². The number of carbonyl (C=O) groups is 4. The summed E-state index contributed by atoms with van der Waals surface area (Å²) >= 11 is 0. The number of aromatic amines is 1. The molecule has 0 radical (unpaired) electrons. The number of fused-ring (bicyclic) bond motifs is 5. The molecule has 10 rings (SSSR count). The highest BCUT2D eigenvalue weighted by atomic mass is 16.5. The van der Waals surface area contributed by atoms with E-state index in [1.54, 1.807) is 0 Å². The van der Waals surface area contributed by atoms with E-state index in [0.717, 1.165) is 92.8 Å². The van der Waals surface area contributed by atoms with Gasteiger partial charge in [-0.15, -0.1) is 0 Å². The van der Waals surface area contributed by atoms with Crippen LogP contribution in [0.5, 0.6) is 5.75 Å². The molecular weight excluding hydrogens is 839 g/mol. The number of methoxy groups -OCH3 is 2. The number of alkyl carbamates (subject to hydrolysis) is 2. The molecule has 1 aromatic heterocycles. The van der Waals surface area contributed by atoms with Gasteiger partial charge in [0.1, 0.15) is 30.3 Å². The molecule has 6 heterocycles. The van der Waals surface area contributed by atoms with Crippen molar-refractivity contribution in [2.75, 3.05) is 40.5 Å². The third-order valence-electron chi connectivity index (χ3n) is 13.8. The van der Waals surface area contributed by atoms with Gasteiger partial charge in [-0.3, -0.25) is 14.6 Å². The van der Waals surface area contributed by atoms with E-state index >= 15 is 0 Å². The highest BCUT2D eigenvalue weighted by molar-refractivity contribution is 6.04. The van der Waals surface area contributed by atoms with Crippen molar-refractivity contribution < 1.29 is 38.1 Å². The van der Waals surface area contributed by atoms with Gasteiger partial charge in [0, 0.05) is 61.1 Å². The second kappa shape index (κ2) is 18.5. The van der Waals surface area contributed by atoms with Crippen LogP contribution in [0.4, 0.5) is 9.59 Å². The van der Waals surface area contributed by atoms with E-state index in [-0.39, 0.29) is 29.8 Å². The first-order chi connectivity index (χ1) is 32.3. The normalized spacial score (nSPS) is 20.1. The number of nitrogens with one attached hydrogen (secondary N) is 3. The lowest BCUT2D eigenvalue weighted by Crippen LogP contribution is -2.53. The van der Waals surface area contributed by atoms with E-state index in [0.29, 0.717) is 57.7 Å². The standard InChI is InChI=1S/C51H53N7O8/c1-63-50(61)55-44(30-8-4-3-5-9-30)48(59)57-20-6-10-42(57)40-26-35(27-52-40)32-12-15-37-36(24-32)29-66-46-38-16-14-34(25-33(38)13-17-39(37)46)41-28-53-47(54-41)43-11-7-21-58(43)49(60)45(56-51(62)64-2)31-18-22-65-23-19-31/h3-5,8-9,12-17,24-25,27-28,31,42-45H,6-7,10-11,18-23,26,29H2,1-2H3,(H,53,54)(H,55,61)(H,56,62)/t42-,43-,44+,45-/m0/s1. The van der Waals surface area contributed by atoms with Crippen molar-refractivity contribution in [2.45, 2.75) is 75.7 Å². The number of aromatic nitrogens is 2. The quantitative estimate of drug-likeness (QED) is 0.126. The summed E-state index contributed by atoms with van der Waals surface area (Å²) in [5.74, 6) is 1.23. The van der Waals surface area contributed by atoms with E-state index in [4.69, 9.17) is 28.9 Å². The fraction of sp³-hybridized carbons (Fsp3) is 0.373. The Morgan fingerprint density at radius 1 is 0.788 bits per heavy atom. The fourth-order valence-electron chi connectivity index (χ4n) is 10.4. The van der Waals surface area contributed by atoms with Gasteiger partial charge < -0.3 is 44.4 Å². The van der Waals surface area contributed by atoms with Crippen LogP contribution in [0.25, 0.3) is 38.7 Å². The summed E-state index contributed by atoms with van der Waals surface area (Å²) in [6.45, 7) is 2.69. The Balaban J connectivity index is 0.823. The maximum Gasteiger partial charge on any atom is 0.407 e. The Morgan fingerprint density at radius 3 is 2.30 bits per heavy atom. The Labute approximate surface area is 382 Å². The van der Waals surface area contributed by atoms with E-state index in [1.165, 1.54) is 14.2 Å². The van der Waals surface area contributed by atoms with Gasteiger partial charge in [-0.25, -0.2) is 14.6 Å². The fourth-order valence-corrected chi connectivity index (χ4v) is 10.4. The SMILES string of the molecule is COC(=O)N[C@H](C(=O)N1CCC[C@H]1c1ncc(-c2ccc3c4c(ccc3c2)-c2ccc(C3=CN=C([C@@H]5CCCN5C(=O)[C@H](NC(=O)OC)c5ccccc5)C3)cc2CO4)[nH]1)C1CCOCC1.